The zero-order valence-corrected chi connectivity index (χ0v) is 15.4. The summed E-state index contributed by atoms with van der Waals surface area (Å²) in [5, 5.41) is 19.4. The molecule has 0 bridgehead atoms. The summed E-state index contributed by atoms with van der Waals surface area (Å²) >= 11 is 6.09. The van der Waals surface area contributed by atoms with Gasteiger partial charge in [-0.1, -0.05) is 17.4 Å². The summed E-state index contributed by atoms with van der Waals surface area (Å²) in [7, 11) is 0. The number of aromatic nitrogens is 6. The van der Waals surface area contributed by atoms with Gasteiger partial charge in [0.2, 0.25) is 4.96 Å². The molecule has 0 aliphatic carbocycles. The molecular formula is C13H9BrF2N6S2. The van der Waals surface area contributed by atoms with E-state index in [9.17, 15) is 8.78 Å². The van der Waals surface area contributed by atoms with Crippen molar-refractivity contribution in [1.29, 1.82) is 0 Å². The first-order chi connectivity index (χ1) is 11.5. The first-order valence-electron chi connectivity index (χ1n) is 6.80. The number of hydrogen-bond donors (Lipinski definition) is 0. The summed E-state index contributed by atoms with van der Waals surface area (Å²) in [5.74, 6) is 0.675. The Bertz CT molecular complexity index is 1000. The van der Waals surface area contributed by atoms with Crippen LogP contribution in [0, 0.1) is 6.92 Å². The molecule has 4 rings (SSSR count). The van der Waals surface area contributed by atoms with Crippen LogP contribution in [0.3, 0.4) is 0 Å². The van der Waals surface area contributed by atoms with Gasteiger partial charge < -0.3 is 0 Å². The van der Waals surface area contributed by atoms with Crippen molar-refractivity contribution in [3.05, 3.63) is 38.4 Å². The molecule has 0 unspecified atom stereocenters. The van der Waals surface area contributed by atoms with Gasteiger partial charge >= 0.3 is 0 Å². The van der Waals surface area contributed by atoms with Crippen molar-refractivity contribution in [2.45, 2.75) is 19.9 Å². The van der Waals surface area contributed by atoms with Crippen LogP contribution in [0.5, 0.6) is 0 Å². The van der Waals surface area contributed by atoms with Crippen LogP contribution in [0.25, 0.3) is 15.7 Å². The van der Waals surface area contributed by atoms with Crippen LogP contribution in [0.2, 0.25) is 0 Å². The lowest BCUT2D eigenvalue weighted by Gasteiger charge is -2.00. The fourth-order valence-electron chi connectivity index (χ4n) is 2.25. The average molecular weight is 431 g/mol. The van der Waals surface area contributed by atoms with Gasteiger partial charge in [0, 0.05) is 0 Å². The van der Waals surface area contributed by atoms with E-state index < -0.39 is 6.43 Å². The molecule has 4 aromatic heterocycles. The molecule has 0 atom stereocenters. The van der Waals surface area contributed by atoms with E-state index in [2.05, 4.69) is 36.3 Å². The Kier molecular flexibility index (Phi) is 3.93. The molecule has 124 valence electrons. The highest BCUT2D eigenvalue weighted by Gasteiger charge is 2.21. The van der Waals surface area contributed by atoms with Gasteiger partial charge in [-0.2, -0.15) is 14.7 Å². The van der Waals surface area contributed by atoms with E-state index in [4.69, 9.17) is 0 Å². The monoisotopic (exact) mass is 430 g/mol. The third kappa shape index (κ3) is 2.56. The van der Waals surface area contributed by atoms with Gasteiger partial charge in [-0.25, -0.2) is 8.78 Å². The number of thiophene rings is 1. The van der Waals surface area contributed by atoms with E-state index in [1.165, 1.54) is 16.0 Å². The lowest BCUT2D eigenvalue weighted by molar-refractivity contribution is 0.144. The van der Waals surface area contributed by atoms with Crippen molar-refractivity contribution in [3.8, 4) is 10.7 Å². The summed E-state index contributed by atoms with van der Waals surface area (Å²) in [6.07, 6.45) is -2.62. The van der Waals surface area contributed by atoms with Crippen LogP contribution >= 0.6 is 38.6 Å². The van der Waals surface area contributed by atoms with Gasteiger partial charge in [0.25, 0.3) is 6.43 Å². The van der Waals surface area contributed by atoms with Crippen molar-refractivity contribution in [3.63, 3.8) is 0 Å². The minimum absolute atomic E-state index is 0.255. The summed E-state index contributed by atoms with van der Waals surface area (Å²) in [6, 6.07) is 3.88. The second-order valence-electron chi connectivity index (χ2n) is 4.93. The Balaban J connectivity index is 1.70. The lowest BCUT2D eigenvalue weighted by Crippen LogP contribution is -2.05. The van der Waals surface area contributed by atoms with Crippen LogP contribution < -0.4 is 0 Å². The maximum Gasteiger partial charge on any atom is 0.283 e. The molecule has 0 saturated carbocycles. The number of fused-ring (bicyclic) bond motifs is 1. The summed E-state index contributed by atoms with van der Waals surface area (Å²) in [4.78, 5) is 1.63. The van der Waals surface area contributed by atoms with Crippen molar-refractivity contribution >= 4 is 43.6 Å². The van der Waals surface area contributed by atoms with Gasteiger partial charge in [-0.3, -0.25) is 4.68 Å². The maximum atomic E-state index is 12.9. The third-order valence-electron chi connectivity index (χ3n) is 3.42. The van der Waals surface area contributed by atoms with Gasteiger partial charge in [0.15, 0.2) is 5.82 Å². The molecule has 0 aliphatic rings. The fourth-order valence-corrected chi connectivity index (χ4v) is 4.22. The number of alkyl halides is 2. The molecule has 11 heteroatoms. The van der Waals surface area contributed by atoms with Crippen molar-refractivity contribution < 1.29 is 8.78 Å². The number of nitrogens with zero attached hydrogens (tertiary/aromatic N) is 6. The van der Waals surface area contributed by atoms with Crippen molar-refractivity contribution in [2.75, 3.05) is 0 Å². The highest BCUT2D eigenvalue weighted by molar-refractivity contribution is 9.10. The van der Waals surface area contributed by atoms with Gasteiger partial charge in [-0.05, 0) is 34.3 Å². The zero-order valence-electron chi connectivity index (χ0n) is 12.2. The second kappa shape index (κ2) is 5.97. The Morgan fingerprint density at radius 3 is 2.79 bits per heavy atom. The van der Waals surface area contributed by atoms with Gasteiger partial charge in [-0.15, -0.1) is 21.5 Å². The smallest absolute Gasteiger partial charge is 0.261 e. The molecule has 0 radical (unpaired) electrons. The largest absolute Gasteiger partial charge is 0.283 e. The van der Waals surface area contributed by atoms with E-state index in [0.29, 0.717) is 27.5 Å². The van der Waals surface area contributed by atoms with E-state index in [-0.39, 0.29) is 5.69 Å². The van der Waals surface area contributed by atoms with Crippen LogP contribution in [-0.2, 0) is 6.54 Å². The quantitative estimate of drug-likeness (QED) is 0.487. The standard InChI is InChI=1S/C13H9BrF2N6S2/c1-6-9(14)10(11(15)16)20-21(6)5-8-19-22-12(7-3-2-4-23-7)17-18-13(22)24-8/h2-4,11H,5H2,1H3. The molecular weight excluding hydrogens is 422 g/mol. The highest BCUT2D eigenvalue weighted by Crippen LogP contribution is 2.30. The molecule has 4 aromatic rings. The Hall–Kier alpha value is -1.72. The minimum atomic E-state index is -2.62. The predicted molar refractivity (Wildman–Crippen MR) is 90.7 cm³/mol. The molecule has 0 saturated heterocycles. The number of rotatable bonds is 4. The van der Waals surface area contributed by atoms with Gasteiger partial charge in [0.05, 0.1) is 21.6 Å². The van der Waals surface area contributed by atoms with Crippen LogP contribution in [0.1, 0.15) is 22.8 Å². The summed E-state index contributed by atoms with van der Waals surface area (Å²) < 4.78 is 29.4. The van der Waals surface area contributed by atoms with E-state index in [0.717, 1.165) is 9.88 Å². The maximum absolute atomic E-state index is 12.9. The molecule has 0 aromatic carbocycles. The predicted octanol–water partition coefficient (Wildman–Crippen LogP) is 4.17. The number of halogens is 3. The normalized spacial score (nSPS) is 11.9. The molecule has 0 fully saturated rings. The third-order valence-corrected chi connectivity index (χ3v) is 6.15. The van der Waals surface area contributed by atoms with Crippen LogP contribution in [0.4, 0.5) is 8.78 Å². The lowest BCUT2D eigenvalue weighted by atomic mass is 10.4. The topological polar surface area (TPSA) is 60.9 Å². The zero-order chi connectivity index (χ0) is 16.8. The Labute approximate surface area is 150 Å². The number of hydrogen-bond acceptors (Lipinski definition) is 6. The SMILES string of the molecule is Cc1c(Br)c(C(F)F)nn1Cc1nn2c(-c3cccs3)nnc2s1. The molecule has 0 N–H and O–H groups in total. The summed E-state index contributed by atoms with van der Waals surface area (Å²) in [5.41, 5.74) is 0.379. The van der Waals surface area contributed by atoms with Crippen molar-refractivity contribution in [1.82, 2.24) is 29.6 Å². The molecule has 0 spiro atoms. The molecule has 0 aliphatic heterocycles. The van der Waals surface area contributed by atoms with E-state index in [1.807, 2.05) is 17.5 Å². The molecule has 24 heavy (non-hydrogen) atoms. The first kappa shape index (κ1) is 15.8. The highest BCUT2D eigenvalue weighted by atomic mass is 79.9. The van der Waals surface area contributed by atoms with E-state index in [1.54, 1.807) is 22.8 Å². The van der Waals surface area contributed by atoms with E-state index >= 15 is 0 Å². The Morgan fingerprint density at radius 1 is 1.29 bits per heavy atom. The molecule has 6 nitrogen and oxygen atoms in total. The molecule has 0 amide bonds. The minimum Gasteiger partial charge on any atom is -0.261 e. The van der Waals surface area contributed by atoms with Gasteiger partial charge in [0.1, 0.15) is 10.7 Å². The van der Waals surface area contributed by atoms with Crippen molar-refractivity contribution in [2.24, 2.45) is 0 Å². The first-order valence-corrected chi connectivity index (χ1v) is 9.29. The van der Waals surface area contributed by atoms with Crippen LogP contribution in [0.15, 0.2) is 22.0 Å². The average Bonchev–Trinajstić information content (AvgIpc) is 3.28. The Morgan fingerprint density at radius 2 is 2.12 bits per heavy atom. The van der Waals surface area contributed by atoms with Crippen LogP contribution in [-0.4, -0.2) is 29.6 Å². The summed E-state index contributed by atoms with van der Waals surface area (Å²) in [6.45, 7) is 2.04. The fraction of sp³-hybridized carbons (Fsp3) is 0.231. The molecule has 4 heterocycles. The second-order valence-corrected chi connectivity index (χ2v) is 7.72.